The number of aryl methyl sites for hydroxylation is 1. The second-order valence-electron chi connectivity index (χ2n) is 7.68. The first-order valence-corrected chi connectivity index (χ1v) is 10.7. The summed E-state index contributed by atoms with van der Waals surface area (Å²) in [4.78, 5) is 14.8. The lowest BCUT2D eigenvalue weighted by atomic mass is 10.1. The molecule has 1 N–H and O–H groups in total. The van der Waals surface area contributed by atoms with E-state index in [-0.39, 0.29) is 18.6 Å². The minimum Gasteiger partial charge on any atom is -0.373 e. The number of ether oxygens (including phenoxy) is 1. The van der Waals surface area contributed by atoms with Gasteiger partial charge in [0.25, 0.3) is 0 Å². The summed E-state index contributed by atoms with van der Waals surface area (Å²) in [6.07, 6.45) is 1.88. The molecule has 30 heavy (non-hydrogen) atoms. The van der Waals surface area contributed by atoms with Gasteiger partial charge in [-0.15, -0.1) is 0 Å². The summed E-state index contributed by atoms with van der Waals surface area (Å²) in [6, 6.07) is 18.2. The van der Waals surface area contributed by atoms with Crippen molar-refractivity contribution in [3.05, 3.63) is 70.5 Å². The number of likely N-dealkylation sites (tertiary alicyclic amines) is 1. The summed E-state index contributed by atoms with van der Waals surface area (Å²) in [6.45, 7) is 4.24. The van der Waals surface area contributed by atoms with E-state index in [1.807, 2.05) is 54.3 Å². The van der Waals surface area contributed by atoms with Gasteiger partial charge >= 0.3 is 0 Å². The molecule has 1 saturated heterocycles. The van der Waals surface area contributed by atoms with Gasteiger partial charge in [-0.1, -0.05) is 60.2 Å². The number of amides is 1. The minimum atomic E-state index is 0.0578. The number of carbonyl (C=O) groups excluding carboxylic acids is 1. The predicted molar refractivity (Wildman–Crippen MR) is 118 cm³/mol. The van der Waals surface area contributed by atoms with Crippen LogP contribution in [0.2, 0.25) is 0 Å². The van der Waals surface area contributed by atoms with Gasteiger partial charge in [0, 0.05) is 18.7 Å². The normalized spacial score (nSPS) is 14.8. The summed E-state index contributed by atoms with van der Waals surface area (Å²) >= 11 is 5.37. The van der Waals surface area contributed by atoms with Crippen LogP contribution in [0.4, 0.5) is 0 Å². The zero-order valence-electron chi connectivity index (χ0n) is 17.1. The molecule has 2 heterocycles. The second kappa shape index (κ2) is 9.36. The van der Waals surface area contributed by atoms with E-state index in [0.717, 1.165) is 18.4 Å². The minimum absolute atomic E-state index is 0.0578. The van der Waals surface area contributed by atoms with Crippen LogP contribution in [0.1, 0.15) is 24.0 Å². The number of piperidine rings is 1. The van der Waals surface area contributed by atoms with Crippen molar-refractivity contribution in [3.8, 4) is 11.4 Å². The Morgan fingerprint density at radius 1 is 1.13 bits per heavy atom. The number of benzene rings is 2. The zero-order chi connectivity index (χ0) is 20.9. The molecular weight excluding hydrogens is 396 g/mol. The zero-order valence-corrected chi connectivity index (χ0v) is 17.9. The molecule has 0 unspecified atom stereocenters. The number of aromatic nitrogens is 3. The van der Waals surface area contributed by atoms with Gasteiger partial charge in [-0.2, -0.15) is 5.10 Å². The topological polar surface area (TPSA) is 63.2 Å². The third-order valence-electron chi connectivity index (χ3n) is 5.48. The molecule has 3 aromatic rings. The Labute approximate surface area is 181 Å². The van der Waals surface area contributed by atoms with Crippen molar-refractivity contribution in [2.75, 3.05) is 13.1 Å². The largest absolute Gasteiger partial charge is 0.373 e. The number of rotatable bonds is 6. The maximum Gasteiger partial charge on any atom is 0.242 e. The highest BCUT2D eigenvalue weighted by atomic mass is 32.1. The van der Waals surface area contributed by atoms with Gasteiger partial charge in [-0.3, -0.25) is 14.5 Å². The fourth-order valence-corrected chi connectivity index (χ4v) is 3.88. The van der Waals surface area contributed by atoms with Gasteiger partial charge in [-0.05, 0) is 37.5 Å². The molecule has 1 aromatic heterocycles. The molecule has 1 aliphatic heterocycles. The smallest absolute Gasteiger partial charge is 0.242 e. The van der Waals surface area contributed by atoms with Crippen LogP contribution in [0.15, 0.2) is 54.6 Å². The number of nitrogens with one attached hydrogen (secondary N) is 1. The number of hydrogen-bond donors (Lipinski definition) is 1. The van der Waals surface area contributed by atoms with E-state index in [2.05, 4.69) is 22.3 Å². The first kappa shape index (κ1) is 20.5. The van der Waals surface area contributed by atoms with E-state index < -0.39 is 0 Å². The summed E-state index contributed by atoms with van der Waals surface area (Å²) in [7, 11) is 0. The van der Waals surface area contributed by atoms with Gasteiger partial charge in [0.05, 0.1) is 12.7 Å². The average molecular weight is 423 g/mol. The number of hydrogen-bond acceptors (Lipinski definition) is 4. The molecule has 0 saturated carbocycles. The van der Waals surface area contributed by atoms with Crippen LogP contribution >= 0.6 is 12.2 Å². The fraction of sp³-hybridized carbons (Fsp3) is 0.348. The van der Waals surface area contributed by atoms with Crippen molar-refractivity contribution in [1.29, 1.82) is 0 Å². The molecule has 6 nitrogen and oxygen atoms in total. The van der Waals surface area contributed by atoms with Crippen LogP contribution in [-0.2, 0) is 22.7 Å². The molecule has 0 radical (unpaired) electrons. The van der Waals surface area contributed by atoms with E-state index in [4.69, 9.17) is 17.0 Å². The lowest BCUT2D eigenvalue weighted by Gasteiger charge is -2.32. The van der Waals surface area contributed by atoms with Crippen molar-refractivity contribution < 1.29 is 9.53 Å². The Morgan fingerprint density at radius 3 is 2.53 bits per heavy atom. The average Bonchev–Trinajstić information content (AvgIpc) is 3.14. The molecule has 1 aliphatic rings. The van der Waals surface area contributed by atoms with Gasteiger partial charge in [-0.25, -0.2) is 0 Å². The molecule has 7 heteroatoms. The monoisotopic (exact) mass is 422 g/mol. The SMILES string of the molecule is Cc1ccc(-c2n[nH]c(=S)n2CC(=O)N2CCC(OCc3ccccc3)CC2)cc1. The molecule has 0 bridgehead atoms. The van der Waals surface area contributed by atoms with E-state index >= 15 is 0 Å². The molecule has 156 valence electrons. The van der Waals surface area contributed by atoms with E-state index in [0.29, 0.717) is 30.3 Å². The number of H-pyrrole nitrogens is 1. The number of nitrogens with zero attached hydrogens (tertiary/aromatic N) is 3. The van der Waals surface area contributed by atoms with Crippen molar-refractivity contribution in [1.82, 2.24) is 19.7 Å². The molecule has 0 atom stereocenters. The van der Waals surface area contributed by atoms with Crippen molar-refractivity contribution >= 4 is 18.1 Å². The standard InChI is InChI=1S/C23H26N4O2S/c1-17-7-9-19(10-8-17)22-24-25-23(30)27(22)15-21(28)26-13-11-20(12-14-26)29-16-18-5-3-2-4-6-18/h2-10,20H,11-16H2,1H3,(H,25,30). The quantitative estimate of drug-likeness (QED) is 0.607. The van der Waals surface area contributed by atoms with Gasteiger partial charge in [0.1, 0.15) is 6.54 Å². The summed E-state index contributed by atoms with van der Waals surface area (Å²) in [5.41, 5.74) is 3.29. The Bertz CT molecular complexity index is 1040. The highest BCUT2D eigenvalue weighted by Gasteiger charge is 2.24. The predicted octanol–water partition coefficient (Wildman–Crippen LogP) is 4.12. The maximum atomic E-state index is 12.9. The Hall–Kier alpha value is -2.77. The molecule has 1 amide bonds. The Balaban J connectivity index is 1.34. The van der Waals surface area contributed by atoms with Crippen LogP contribution < -0.4 is 0 Å². The number of carbonyl (C=O) groups is 1. The van der Waals surface area contributed by atoms with E-state index in [1.54, 1.807) is 4.57 Å². The summed E-state index contributed by atoms with van der Waals surface area (Å²) in [5.74, 6) is 0.747. The van der Waals surface area contributed by atoms with Crippen molar-refractivity contribution in [2.24, 2.45) is 0 Å². The van der Waals surface area contributed by atoms with Crippen LogP contribution in [0.3, 0.4) is 0 Å². The molecule has 0 aliphatic carbocycles. The lowest BCUT2D eigenvalue weighted by Crippen LogP contribution is -2.42. The first-order valence-electron chi connectivity index (χ1n) is 10.3. The first-order chi connectivity index (χ1) is 14.6. The van der Waals surface area contributed by atoms with E-state index in [1.165, 1.54) is 11.1 Å². The van der Waals surface area contributed by atoms with Crippen LogP contribution in [0, 0.1) is 11.7 Å². The van der Waals surface area contributed by atoms with Crippen LogP contribution in [-0.4, -0.2) is 44.8 Å². The maximum absolute atomic E-state index is 12.9. The Kier molecular flexibility index (Phi) is 6.40. The Morgan fingerprint density at radius 2 is 1.83 bits per heavy atom. The molecule has 0 spiro atoms. The number of aromatic amines is 1. The summed E-state index contributed by atoms with van der Waals surface area (Å²) in [5, 5.41) is 7.16. The second-order valence-corrected chi connectivity index (χ2v) is 8.07. The third kappa shape index (κ3) is 4.86. The highest BCUT2D eigenvalue weighted by Crippen LogP contribution is 2.20. The third-order valence-corrected chi connectivity index (χ3v) is 5.80. The molecule has 1 fully saturated rings. The van der Waals surface area contributed by atoms with Crippen molar-refractivity contribution in [2.45, 2.75) is 39.0 Å². The molecular formula is C23H26N4O2S. The molecule has 2 aromatic carbocycles. The lowest BCUT2D eigenvalue weighted by molar-refractivity contribution is -0.134. The molecule has 4 rings (SSSR count). The highest BCUT2D eigenvalue weighted by molar-refractivity contribution is 7.71. The van der Waals surface area contributed by atoms with Crippen molar-refractivity contribution in [3.63, 3.8) is 0 Å². The van der Waals surface area contributed by atoms with Gasteiger partial charge < -0.3 is 9.64 Å². The fourth-order valence-electron chi connectivity index (χ4n) is 3.68. The summed E-state index contributed by atoms with van der Waals surface area (Å²) < 4.78 is 8.27. The van der Waals surface area contributed by atoms with E-state index in [9.17, 15) is 4.79 Å². The van der Waals surface area contributed by atoms with Gasteiger partial charge in [0.15, 0.2) is 10.6 Å². The van der Waals surface area contributed by atoms with Gasteiger partial charge in [0.2, 0.25) is 5.91 Å². The van der Waals surface area contributed by atoms with Crippen LogP contribution in [0.25, 0.3) is 11.4 Å². The van der Waals surface area contributed by atoms with Crippen LogP contribution in [0.5, 0.6) is 0 Å².